The molecule has 0 aliphatic rings. The van der Waals surface area contributed by atoms with Gasteiger partial charge in [-0.3, -0.25) is 4.57 Å². The van der Waals surface area contributed by atoms with Gasteiger partial charge in [-0.2, -0.15) is 13.2 Å². The van der Waals surface area contributed by atoms with Crippen LogP contribution in [0, 0.1) is 0 Å². The fourth-order valence-electron chi connectivity index (χ4n) is 1.93. The molecular weight excluding hydrogens is 331 g/mol. The lowest BCUT2D eigenvalue weighted by Gasteiger charge is -2.09. The molecule has 0 atom stereocenters. The summed E-state index contributed by atoms with van der Waals surface area (Å²) in [5.74, 6) is -0.865. The van der Waals surface area contributed by atoms with Gasteiger partial charge in [0.05, 0.1) is 0 Å². The minimum absolute atomic E-state index is 0.000205. The largest absolute Gasteiger partial charge is 0.451 e. The zero-order valence-corrected chi connectivity index (χ0v) is 12.8. The van der Waals surface area contributed by atoms with E-state index in [2.05, 4.69) is 30.2 Å². The van der Waals surface area contributed by atoms with Crippen LogP contribution in [0.15, 0.2) is 23.7 Å². The van der Waals surface area contributed by atoms with Gasteiger partial charge in [0.15, 0.2) is 22.1 Å². The predicted octanol–water partition coefficient (Wildman–Crippen LogP) is 2.39. The van der Waals surface area contributed by atoms with Gasteiger partial charge in [-0.25, -0.2) is 24.9 Å². The van der Waals surface area contributed by atoms with Crippen molar-refractivity contribution in [1.82, 2.24) is 29.5 Å². The van der Waals surface area contributed by atoms with Crippen LogP contribution in [-0.4, -0.2) is 42.8 Å². The first-order valence-corrected chi connectivity index (χ1v) is 7.54. The number of hydrogen-bond acceptors (Lipinski definition) is 7. The summed E-state index contributed by atoms with van der Waals surface area (Å²) in [6, 6.07) is 1.56. The Balaban J connectivity index is 2.26. The van der Waals surface area contributed by atoms with Crippen LogP contribution in [0.4, 0.5) is 19.0 Å². The third kappa shape index (κ3) is 2.79. The van der Waals surface area contributed by atoms with Crippen LogP contribution < -0.4 is 5.32 Å². The van der Waals surface area contributed by atoms with Gasteiger partial charge in [0.2, 0.25) is 5.82 Å². The molecule has 0 saturated carbocycles. The Bertz CT molecular complexity index is 861. The van der Waals surface area contributed by atoms with E-state index in [1.807, 2.05) is 0 Å². The number of imidazole rings is 1. The second-order valence-electron chi connectivity index (χ2n) is 4.33. The van der Waals surface area contributed by atoms with Crippen molar-refractivity contribution in [2.45, 2.75) is 11.3 Å². The number of hydrogen-bond donors (Lipinski definition) is 1. The second kappa shape index (κ2) is 5.65. The summed E-state index contributed by atoms with van der Waals surface area (Å²) in [6.07, 6.45) is 0.0107. The predicted molar refractivity (Wildman–Crippen MR) is 78.6 cm³/mol. The van der Waals surface area contributed by atoms with Crippen molar-refractivity contribution in [2.75, 3.05) is 18.6 Å². The van der Waals surface area contributed by atoms with Crippen molar-refractivity contribution in [2.24, 2.45) is 0 Å². The van der Waals surface area contributed by atoms with Gasteiger partial charge in [-0.15, -0.1) is 0 Å². The van der Waals surface area contributed by atoms with Gasteiger partial charge < -0.3 is 5.32 Å². The normalized spacial score (nSPS) is 11.9. The van der Waals surface area contributed by atoms with E-state index in [1.165, 1.54) is 35.9 Å². The highest BCUT2D eigenvalue weighted by Crippen LogP contribution is 2.30. The number of nitrogens with one attached hydrogen (secondary N) is 1. The molecule has 0 aliphatic heterocycles. The Morgan fingerprint density at radius 2 is 1.96 bits per heavy atom. The van der Waals surface area contributed by atoms with Crippen LogP contribution in [0.1, 0.15) is 5.82 Å². The average Bonchev–Trinajstić information content (AvgIpc) is 2.97. The molecule has 0 fully saturated rings. The Kier molecular flexibility index (Phi) is 3.80. The highest BCUT2D eigenvalue weighted by molar-refractivity contribution is 7.98. The third-order valence-corrected chi connectivity index (χ3v) is 3.50. The summed E-state index contributed by atoms with van der Waals surface area (Å²) in [6.45, 7) is 0. The van der Waals surface area contributed by atoms with Gasteiger partial charge in [0, 0.05) is 13.2 Å². The van der Waals surface area contributed by atoms with Gasteiger partial charge in [0.25, 0.3) is 0 Å². The fourth-order valence-corrected chi connectivity index (χ4v) is 2.28. The molecule has 0 aromatic carbocycles. The zero-order valence-electron chi connectivity index (χ0n) is 12.0. The lowest BCUT2D eigenvalue weighted by atomic mass is 10.4. The molecule has 3 aromatic heterocycles. The van der Waals surface area contributed by atoms with E-state index in [1.54, 1.807) is 12.3 Å². The molecule has 3 heterocycles. The van der Waals surface area contributed by atoms with Gasteiger partial charge in [-0.05, 0) is 12.3 Å². The number of thioether (sulfide) groups is 1. The molecule has 0 spiro atoms. The Morgan fingerprint density at radius 1 is 1.17 bits per heavy atom. The molecule has 11 heteroatoms. The Morgan fingerprint density at radius 3 is 2.61 bits per heavy atom. The van der Waals surface area contributed by atoms with Crippen LogP contribution in [0.2, 0.25) is 0 Å². The number of halogens is 3. The first kappa shape index (κ1) is 15.5. The molecule has 0 radical (unpaired) electrons. The van der Waals surface area contributed by atoms with Crippen molar-refractivity contribution >= 4 is 28.7 Å². The lowest BCUT2D eigenvalue weighted by Crippen LogP contribution is -2.13. The SMILES string of the molecule is CNc1nc(C(F)(F)F)nc2c1ncn2-c1ccnc(SC)n1. The lowest BCUT2D eigenvalue weighted by molar-refractivity contribution is -0.144. The number of anilines is 1. The maximum absolute atomic E-state index is 13.0. The van der Waals surface area contributed by atoms with Crippen LogP contribution in [0.5, 0.6) is 0 Å². The maximum atomic E-state index is 13.0. The van der Waals surface area contributed by atoms with E-state index >= 15 is 0 Å². The zero-order chi connectivity index (χ0) is 16.6. The number of alkyl halides is 3. The number of rotatable bonds is 3. The molecule has 0 aliphatic carbocycles. The summed E-state index contributed by atoms with van der Waals surface area (Å²) in [7, 11) is 1.47. The van der Waals surface area contributed by atoms with E-state index < -0.39 is 12.0 Å². The van der Waals surface area contributed by atoms with E-state index in [0.29, 0.717) is 11.0 Å². The summed E-state index contributed by atoms with van der Waals surface area (Å²) in [4.78, 5) is 19.4. The fraction of sp³-hybridized carbons (Fsp3) is 0.250. The molecule has 3 rings (SSSR count). The average molecular weight is 341 g/mol. The van der Waals surface area contributed by atoms with Crippen molar-refractivity contribution in [3.05, 3.63) is 24.4 Å². The Labute approximate surface area is 132 Å². The van der Waals surface area contributed by atoms with E-state index in [9.17, 15) is 13.2 Å². The molecule has 1 N–H and O–H groups in total. The smallest absolute Gasteiger partial charge is 0.371 e. The molecule has 7 nitrogen and oxygen atoms in total. The van der Waals surface area contributed by atoms with E-state index in [0.717, 1.165) is 0 Å². The molecule has 0 unspecified atom stereocenters. The molecule has 0 saturated heterocycles. The minimum Gasteiger partial charge on any atom is -0.371 e. The number of aromatic nitrogens is 6. The van der Waals surface area contributed by atoms with Crippen LogP contribution >= 0.6 is 11.8 Å². The van der Waals surface area contributed by atoms with Crippen LogP contribution in [0.3, 0.4) is 0 Å². The number of fused-ring (bicyclic) bond motifs is 1. The molecule has 0 amide bonds. The quantitative estimate of drug-likeness (QED) is 0.578. The number of nitrogens with zero attached hydrogens (tertiary/aromatic N) is 6. The topological polar surface area (TPSA) is 81.4 Å². The van der Waals surface area contributed by atoms with Crippen LogP contribution in [0.25, 0.3) is 17.0 Å². The van der Waals surface area contributed by atoms with E-state index in [4.69, 9.17) is 0 Å². The molecular formula is C12H10F3N7S. The molecule has 120 valence electrons. The van der Waals surface area contributed by atoms with Crippen LogP contribution in [-0.2, 0) is 6.18 Å². The van der Waals surface area contributed by atoms with Gasteiger partial charge in [-0.1, -0.05) is 11.8 Å². The van der Waals surface area contributed by atoms with E-state index in [-0.39, 0.29) is 17.0 Å². The highest BCUT2D eigenvalue weighted by Gasteiger charge is 2.36. The first-order valence-electron chi connectivity index (χ1n) is 6.31. The molecule has 3 aromatic rings. The third-order valence-electron chi connectivity index (χ3n) is 2.93. The molecule has 23 heavy (non-hydrogen) atoms. The van der Waals surface area contributed by atoms with Gasteiger partial charge in [0.1, 0.15) is 12.1 Å². The van der Waals surface area contributed by atoms with Gasteiger partial charge >= 0.3 is 6.18 Å². The Hall–Kier alpha value is -2.43. The highest BCUT2D eigenvalue weighted by atomic mass is 32.2. The van der Waals surface area contributed by atoms with Crippen molar-refractivity contribution in [1.29, 1.82) is 0 Å². The summed E-state index contributed by atoms with van der Waals surface area (Å²) in [5, 5.41) is 3.10. The summed E-state index contributed by atoms with van der Waals surface area (Å²) < 4.78 is 40.3. The van der Waals surface area contributed by atoms with Crippen molar-refractivity contribution < 1.29 is 13.2 Å². The maximum Gasteiger partial charge on any atom is 0.451 e. The monoisotopic (exact) mass is 341 g/mol. The minimum atomic E-state index is -4.66. The van der Waals surface area contributed by atoms with Crippen molar-refractivity contribution in [3.63, 3.8) is 0 Å². The summed E-state index contributed by atoms with van der Waals surface area (Å²) in [5.41, 5.74) is 0.243. The standard InChI is InChI=1S/C12H10F3N7S/c1-16-8-7-9(21-10(20-8)12(13,14)15)22(5-18-7)6-3-4-17-11(19-6)23-2/h3-5H,1-2H3,(H,16,20,21). The first-order chi connectivity index (χ1) is 10.9. The molecule has 0 bridgehead atoms. The summed E-state index contributed by atoms with van der Waals surface area (Å²) >= 11 is 1.32. The second-order valence-corrected chi connectivity index (χ2v) is 5.11. The van der Waals surface area contributed by atoms with Crippen molar-refractivity contribution in [3.8, 4) is 5.82 Å².